The number of anilines is 1. The van der Waals surface area contributed by atoms with Crippen molar-refractivity contribution in [2.24, 2.45) is 0 Å². The first-order valence-corrected chi connectivity index (χ1v) is 9.59. The number of hydrogen-bond acceptors (Lipinski definition) is 6. The predicted molar refractivity (Wildman–Crippen MR) is 102 cm³/mol. The second-order valence-electron chi connectivity index (χ2n) is 7.60. The highest BCUT2D eigenvalue weighted by molar-refractivity contribution is 6.06. The summed E-state index contributed by atoms with van der Waals surface area (Å²) in [5, 5.41) is 13.4. The van der Waals surface area contributed by atoms with Crippen LogP contribution < -0.4 is 5.32 Å². The van der Waals surface area contributed by atoms with E-state index >= 15 is 0 Å². The third-order valence-corrected chi connectivity index (χ3v) is 5.77. The molecule has 0 spiro atoms. The van der Waals surface area contributed by atoms with Crippen LogP contribution in [-0.4, -0.2) is 37.8 Å². The maximum Gasteiger partial charge on any atom is 0.190 e. The molecule has 1 aromatic carbocycles. The van der Waals surface area contributed by atoms with Crippen molar-refractivity contribution in [2.75, 3.05) is 5.32 Å². The molecule has 1 saturated carbocycles. The highest BCUT2D eigenvalue weighted by Gasteiger charge is 2.41. The molecule has 138 valence electrons. The van der Waals surface area contributed by atoms with Gasteiger partial charge in [-0.15, -0.1) is 0 Å². The molecule has 2 aromatic rings. The summed E-state index contributed by atoms with van der Waals surface area (Å²) in [6.07, 6.45) is 10.6. The SMILES string of the molecule is O=C(/C=C\N1[C@H]2CC[C@@H]1c1ncnc(NC3CC3)c1C2)c1ccccc1O. The molecule has 2 bridgehead atoms. The van der Waals surface area contributed by atoms with Gasteiger partial charge in [0.25, 0.3) is 0 Å². The largest absolute Gasteiger partial charge is 0.507 e. The summed E-state index contributed by atoms with van der Waals surface area (Å²) in [4.78, 5) is 23.8. The molecule has 5 rings (SSSR count). The Labute approximate surface area is 158 Å². The van der Waals surface area contributed by atoms with Gasteiger partial charge in [-0.25, -0.2) is 9.97 Å². The van der Waals surface area contributed by atoms with E-state index in [0.29, 0.717) is 17.6 Å². The van der Waals surface area contributed by atoms with Gasteiger partial charge in [-0.05, 0) is 44.2 Å². The third kappa shape index (κ3) is 2.95. The lowest BCUT2D eigenvalue weighted by molar-refractivity contribution is 0.104. The Morgan fingerprint density at radius 2 is 2.04 bits per heavy atom. The van der Waals surface area contributed by atoms with E-state index in [-0.39, 0.29) is 17.6 Å². The van der Waals surface area contributed by atoms with Crippen molar-refractivity contribution in [3.8, 4) is 5.75 Å². The molecule has 6 nitrogen and oxygen atoms in total. The first kappa shape index (κ1) is 16.3. The Hall–Kier alpha value is -2.89. The monoisotopic (exact) mass is 362 g/mol. The number of nitrogens with zero attached hydrogens (tertiary/aromatic N) is 3. The number of benzene rings is 1. The van der Waals surface area contributed by atoms with E-state index in [1.165, 1.54) is 24.5 Å². The van der Waals surface area contributed by atoms with Gasteiger partial charge in [0.2, 0.25) is 0 Å². The number of para-hydroxylation sites is 1. The van der Waals surface area contributed by atoms with Gasteiger partial charge < -0.3 is 15.3 Å². The number of phenolic OH excluding ortho intramolecular Hbond substituents is 1. The molecule has 27 heavy (non-hydrogen) atoms. The molecule has 3 aliphatic rings. The van der Waals surface area contributed by atoms with E-state index < -0.39 is 0 Å². The Bertz CT molecular complexity index is 922. The van der Waals surface area contributed by atoms with Crippen molar-refractivity contribution >= 4 is 11.6 Å². The second-order valence-corrected chi connectivity index (χ2v) is 7.60. The second kappa shape index (κ2) is 6.37. The van der Waals surface area contributed by atoms with Crippen molar-refractivity contribution in [1.29, 1.82) is 0 Å². The van der Waals surface area contributed by atoms with Gasteiger partial charge in [-0.3, -0.25) is 4.79 Å². The number of carbonyl (C=O) groups excluding carboxylic acids is 1. The summed E-state index contributed by atoms with van der Waals surface area (Å²) >= 11 is 0. The van der Waals surface area contributed by atoms with Gasteiger partial charge in [0.05, 0.1) is 17.3 Å². The molecular weight excluding hydrogens is 340 g/mol. The molecule has 1 aromatic heterocycles. The summed E-state index contributed by atoms with van der Waals surface area (Å²) < 4.78 is 0. The van der Waals surface area contributed by atoms with E-state index in [1.54, 1.807) is 30.6 Å². The average Bonchev–Trinajstić information content (AvgIpc) is 3.44. The normalized spacial score (nSPS) is 23.5. The fourth-order valence-electron chi connectivity index (χ4n) is 4.23. The molecule has 1 aliphatic carbocycles. The van der Waals surface area contributed by atoms with Crippen molar-refractivity contribution in [3.05, 3.63) is 59.7 Å². The molecule has 2 atom stereocenters. The number of hydrogen-bond donors (Lipinski definition) is 2. The quantitative estimate of drug-likeness (QED) is 0.628. The number of fused-ring (bicyclic) bond motifs is 4. The van der Waals surface area contributed by atoms with Crippen LogP contribution in [0.25, 0.3) is 0 Å². The molecule has 2 N–H and O–H groups in total. The topological polar surface area (TPSA) is 78.4 Å². The van der Waals surface area contributed by atoms with Crippen LogP contribution in [0.3, 0.4) is 0 Å². The summed E-state index contributed by atoms with van der Waals surface area (Å²) in [6, 6.07) is 7.77. The molecule has 0 amide bonds. The van der Waals surface area contributed by atoms with Crippen molar-refractivity contribution in [1.82, 2.24) is 14.9 Å². The number of carbonyl (C=O) groups is 1. The zero-order valence-electron chi connectivity index (χ0n) is 15.0. The minimum absolute atomic E-state index is 0.0163. The Balaban J connectivity index is 1.40. The number of phenols is 1. The number of ketones is 1. The third-order valence-electron chi connectivity index (χ3n) is 5.77. The summed E-state index contributed by atoms with van der Waals surface area (Å²) in [6.45, 7) is 0. The molecule has 2 fully saturated rings. The maximum absolute atomic E-state index is 12.5. The van der Waals surface area contributed by atoms with Crippen LogP contribution in [0.15, 0.2) is 42.9 Å². The predicted octanol–water partition coefficient (Wildman–Crippen LogP) is 3.21. The van der Waals surface area contributed by atoms with Crippen LogP contribution >= 0.6 is 0 Å². The van der Waals surface area contributed by atoms with E-state index in [9.17, 15) is 9.90 Å². The molecule has 2 aliphatic heterocycles. The maximum atomic E-state index is 12.5. The van der Waals surface area contributed by atoms with Gasteiger partial charge in [0.15, 0.2) is 5.78 Å². The van der Waals surface area contributed by atoms with E-state index in [1.807, 2.05) is 6.20 Å². The zero-order chi connectivity index (χ0) is 18.4. The lowest BCUT2D eigenvalue weighted by Gasteiger charge is -2.35. The van der Waals surface area contributed by atoms with Crippen LogP contribution in [-0.2, 0) is 6.42 Å². The van der Waals surface area contributed by atoms with Gasteiger partial charge in [0.1, 0.15) is 17.9 Å². The number of aromatic hydroxyl groups is 1. The van der Waals surface area contributed by atoms with Crippen LogP contribution in [0.2, 0.25) is 0 Å². The summed E-state index contributed by atoms with van der Waals surface area (Å²) in [5.74, 6) is 0.827. The molecule has 3 heterocycles. The van der Waals surface area contributed by atoms with Crippen LogP contribution in [0.1, 0.15) is 53.3 Å². The Kier molecular flexibility index (Phi) is 3.85. The first-order valence-electron chi connectivity index (χ1n) is 9.59. The highest BCUT2D eigenvalue weighted by atomic mass is 16.3. The summed E-state index contributed by atoms with van der Waals surface area (Å²) in [7, 11) is 0. The fraction of sp³-hybridized carbons (Fsp3) is 0.381. The first-order chi connectivity index (χ1) is 13.2. The Morgan fingerprint density at radius 3 is 2.85 bits per heavy atom. The zero-order valence-corrected chi connectivity index (χ0v) is 15.0. The fourth-order valence-corrected chi connectivity index (χ4v) is 4.23. The smallest absolute Gasteiger partial charge is 0.190 e. The van der Waals surface area contributed by atoms with Crippen molar-refractivity contribution < 1.29 is 9.90 Å². The van der Waals surface area contributed by atoms with Gasteiger partial charge in [-0.1, -0.05) is 12.1 Å². The van der Waals surface area contributed by atoms with E-state index in [4.69, 9.17) is 0 Å². The highest BCUT2D eigenvalue weighted by Crippen LogP contribution is 2.44. The molecule has 1 saturated heterocycles. The molecule has 0 unspecified atom stereocenters. The Morgan fingerprint density at radius 1 is 1.19 bits per heavy atom. The molecule has 6 heteroatoms. The van der Waals surface area contributed by atoms with E-state index in [0.717, 1.165) is 30.8 Å². The molecule has 0 radical (unpaired) electrons. The number of nitrogens with one attached hydrogen (secondary N) is 1. The lowest BCUT2D eigenvalue weighted by Crippen LogP contribution is -2.35. The van der Waals surface area contributed by atoms with Crippen LogP contribution in [0, 0.1) is 0 Å². The van der Waals surface area contributed by atoms with E-state index in [2.05, 4.69) is 20.2 Å². The minimum Gasteiger partial charge on any atom is -0.507 e. The number of rotatable bonds is 5. The number of allylic oxidation sites excluding steroid dienone is 1. The molecular formula is C21H22N4O2. The van der Waals surface area contributed by atoms with Crippen molar-refractivity contribution in [3.63, 3.8) is 0 Å². The van der Waals surface area contributed by atoms with Gasteiger partial charge >= 0.3 is 0 Å². The number of aromatic nitrogens is 2. The van der Waals surface area contributed by atoms with Gasteiger partial charge in [0, 0.05) is 29.9 Å². The summed E-state index contributed by atoms with van der Waals surface area (Å²) in [5.41, 5.74) is 2.66. The lowest BCUT2D eigenvalue weighted by atomic mass is 9.98. The standard InChI is InChI=1S/C21H22N4O2/c26-18-4-2-1-3-15(18)19(27)9-10-25-14-7-8-17(25)20-16(11-14)21(23-12-22-20)24-13-5-6-13/h1-4,9-10,12-14,17,26H,5-8,11H2,(H,22,23,24)/b10-9-/t14-,17+/m0/s1. The van der Waals surface area contributed by atoms with Crippen LogP contribution in [0.4, 0.5) is 5.82 Å². The van der Waals surface area contributed by atoms with Crippen LogP contribution in [0.5, 0.6) is 5.75 Å². The average molecular weight is 362 g/mol. The van der Waals surface area contributed by atoms with Gasteiger partial charge in [-0.2, -0.15) is 0 Å². The minimum atomic E-state index is -0.183. The van der Waals surface area contributed by atoms with Crippen molar-refractivity contribution in [2.45, 2.75) is 50.2 Å².